The van der Waals surface area contributed by atoms with E-state index in [1.807, 2.05) is 37.7 Å². The largest absolute Gasteiger partial charge is 0.399 e. The van der Waals surface area contributed by atoms with Gasteiger partial charge in [-0.3, -0.25) is 4.79 Å². The monoisotopic (exact) mass is 563 g/mol. The number of benzene rings is 2. The number of carbonyl (C=O) groups excluding carboxylic acids is 1. The minimum Gasteiger partial charge on any atom is -0.399 e. The molecule has 1 unspecified atom stereocenters. The van der Waals surface area contributed by atoms with Gasteiger partial charge in [0, 0.05) is 27.6 Å². The summed E-state index contributed by atoms with van der Waals surface area (Å²) in [5.74, 6) is 1.61. The van der Waals surface area contributed by atoms with Crippen LogP contribution in [-0.4, -0.2) is 36.0 Å². The van der Waals surface area contributed by atoms with E-state index in [0.717, 1.165) is 11.6 Å². The van der Waals surface area contributed by atoms with Crippen molar-refractivity contribution in [3.05, 3.63) is 54.1 Å². The van der Waals surface area contributed by atoms with Gasteiger partial charge in [0.1, 0.15) is 6.61 Å². The number of amides is 1. The van der Waals surface area contributed by atoms with Gasteiger partial charge < -0.3 is 21.9 Å². The predicted molar refractivity (Wildman–Crippen MR) is 138 cm³/mol. The van der Waals surface area contributed by atoms with Gasteiger partial charge in [-0.25, -0.2) is 4.89 Å². The van der Waals surface area contributed by atoms with E-state index in [4.69, 9.17) is 16.6 Å². The molecule has 2 rings (SSSR count). The van der Waals surface area contributed by atoms with E-state index in [1.54, 1.807) is 47.3 Å². The summed E-state index contributed by atoms with van der Waals surface area (Å²) in [6.45, 7) is 8.29. The summed E-state index contributed by atoms with van der Waals surface area (Å²) in [6, 6.07) is 14.0. The first-order valence-electron chi connectivity index (χ1n) is 10.0. The maximum Gasteiger partial charge on any atom is 0.251 e. The number of nitrogens with two attached hydrogens (primary N) is 2. The van der Waals surface area contributed by atoms with Crippen LogP contribution < -0.4 is 16.8 Å². The van der Waals surface area contributed by atoms with E-state index >= 15 is 0 Å². The molecule has 0 saturated carbocycles. The zero-order valence-corrected chi connectivity index (χ0v) is 21.5. The van der Waals surface area contributed by atoms with E-state index in [9.17, 15) is 4.79 Å². The molecule has 2 aromatic carbocycles. The Bertz CT molecular complexity index is 716. The lowest BCUT2D eigenvalue weighted by atomic mass is 10.2. The van der Waals surface area contributed by atoms with Crippen LogP contribution in [0.4, 0.5) is 11.4 Å². The van der Waals surface area contributed by atoms with Crippen molar-refractivity contribution in [2.45, 2.75) is 38.6 Å². The van der Waals surface area contributed by atoms with E-state index in [-0.39, 0.29) is 19.1 Å². The Balaban J connectivity index is 0.000000564. The van der Waals surface area contributed by atoms with Gasteiger partial charge in [-0.15, -0.1) is 11.8 Å². The Morgan fingerprint density at radius 2 is 1.58 bits per heavy atom. The molecule has 1 atom stereocenters. The third-order valence-electron chi connectivity index (χ3n) is 3.51. The number of nitrogen functional groups attached to an aromatic ring is 2. The lowest BCUT2D eigenvalue weighted by Crippen LogP contribution is -2.40. The highest BCUT2D eigenvalue weighted by Crippen LogP contribution is 2.21. The molecule has 0 bridgehead atoms. The number of aliphatic hydroxyl groups excluding tert-OH is 1. The molecule has 0 radical (unpaired) electrons. The molecule has 1 amide bonds. The lowest BCUT2D eigenvalue weighted by molar-refractivity contribution is -0.173. The van der Waals surface area contributed by atoms with Crippen molar-refractivity contribution in [1.29, 1.82) is 0 Å². The van der Waals surface area contributed by atoms with Gasteiger partial charge in [0.15, 0.2) is 23.0 Å². The molecule has 2 aromatic rings. The molecule has 0 spiro atoms. The Morgan fingerprint density at radius 1 is 1.06 bits per heavy atom. The molecular weight excluding hydrogens is 529 g/mol. The third-order valence-corrected chi connectivity index (χ3v) is 5.20. The molecule has 6 N–H and O–H groups in total. The standard InChI is InChI=1S/C10H13IN2O4.C10H15NS.C2H6/c11-17-16-6-9(5-14)13-10(15)7-1-3-8(12)4-2-7;1-8(2)7-12-10-5-3-9(11)4-6-10;1-2/h1-4,9,14H,5-6,12H2,(H,13,15);3-6,8H,7,11H2,1-2H3;1-2H3. The quantitative estimate of drug-likeness (QED) is 0.115. The van der Waals surface area contributed by atoms with Gasteiger partial charge in [0.05, 0.1) is 12.6 Å². The average molecular weight is 564 g/mol. The molecule has 0 saturated heterocycles. The number of thioether (sulfide) groups is 1. The number of hydrogen-bond donors (Lipinski definition) is 4. The SMILES string of the molecule is CC.CC(C)CSc1ccc(N)cc1.Nc1ccc(C(=O)NC(CO)COOI)cc1. The molecule has 174 valence electrons. The first-order valence-corrected chi connectivity index (χ1v) is 11.9. The highest BCUT2D eigenvalue weighted by Gasteiger charge is 2.13. The second-order valence-corrected chi connectivity index (χ2v) is 8.05. The maximum atomic E-state index is 11.7. The number of halogens is 1. The van der Waals surface area contributed by atoms with Crippen molar-refractivity contribution in [1.82, 2.24) is 5.32 Å². The Morgan fingerprint density at radius 3 is 2.03 bits per heavy atom. The molecule has 0 aliphatic heterocycles. The molecule has 0 aliphatic carbocycles. The summed E-state index contributed by atoms with van der Waals surface area (Å²) in [5, 5.41) is 11.6. The number of aliphatic hydroxyl groups is 1. The van der Waals surface area contributed by atoms with Crippen LogP contribution in [0.25, 0.3) is 0 Å². The van der Waals surface area contributed by atoms with Crippen molar-refractivity contribution >= 4 is 52.0 Å². The summed E-state index contributed by atoms with van der Waals surface area (Å²) < 4.78 is 4.37. The van der Waals surface area contributed by atoms with Gasteiger partial charge in [0.25, 0.3) is 5.91 Å². The molecule has 7 nitrogen and oxygen atoms in total. The highest BCUT2D eigenvalue weighted by molar-refractivity contribution is 14.1. The second kappa shape index (κ2) is 18.1. The fourth-order valence-corrected chi connectivity index (χ4v) is 2.98. The molecular formula is C22H34IN3O4S. The van der Waals surface area contributed by atoms with Crippen LogP contribution in [0.3, 0.4) is 0 Å². The zero-order valence-electron chi connectivity index (χ0n) is 18.5. The maximum absolute atomic E-state index is 11.7. The molecule has 31 heavy (non-hydrogen) atoms. The molecule has 0 heterocycles. The third kappa shape index (κ3) is 14.2. The van der Waals surface area contributed by atoms with Crippen molar-refractivity contribution in [3.63, 3.8) is 0 Å². The summed E-state index contributed by atoms with van der Waals surface area (Å²) in [5.41, 5.74) is 13.0. The van der Waals surface area contributed by atoms with Crippen LogP contribution in [0, 0.1) is 5.92 Å². The minimum absolute atomic E-state index is 0.0696. The molecule has 9 heteroatoms. The summed E-state index contributed by atoms with van der Waals surface area (Å²) in [4.78, 5) is 17.7. The topological polar surface area (TPSA) is 120 Å². The minimum atomic E-state index is -0.519. The van der Waals surface area contributed by atoms with Crippen LogP contribution in [0.5, 0.6) is 0 Å². The number of nitrogens with one attached hydrogen (secondary N) is 1. The summed E-state index contributed by atoms with van der Waals surface area (Å²) >= 11 is 3.44. The van der Waals surface area contributed by atoms with E-state index in [2.05, 4.69) is 39.4 Å². The Hall–Kier alpha value is -1.53. The average Bonchev–Trinajstić information content (AvgIpc) is 2.78. The highest BCUT2D eigenvalue weighted by atomic mass is 127. The van der Waals surface area contributed by atoms with Crippen molar-refractivity contribution in [3.8, 4) is 0 Å². The van der Waals surface area contributed by atoms with Crippen molar-refractivity contribution in [2.75, 3.05) is 30.4 Å². The normalized spacial score (nSPS) is 10.9. The summed E-state index contributed by atoms with van der Waals surface area (Å²) in [6.07, 6.45) is 0. The van der Waals surface area contributed by atoms with Crippen LogP contribution in [-0.2, 0) is 8.10 Å². The van der Waals surface area contributed by atoms with Crippen LogP contribution in [0.15, 0.2) is 53.4 Å². The van der Waals surface area contributed by atoms with Gasteiger partial charge in [-0.05, 0) is 54.4 Å². The smallest absolute Gasteiger partial charge is 0.251 e. The lowest BCUT2D eigenvalue weighted by Gasteiger charge is -2.14. The van der Waals surface area contributed by atoms with Crippen LogP contribution in [0.1, 0.15) is 38.1 Å². The van der Waals surface area contributed by atoms with E-state index in [0.29, 0.717) is 11.3 Å². The molecule has 0 aromatic heterocycles. The molecule has 0 fully saturated rings. The van der Waals surface area contributed by atoms with E-state index < -0.39 is 6.04 Å². The predicted octanol–water partition coefficient (Wildman–Crippen LogP) is 4.70. The second-order valence-electron chi connectivity index (χ2n) is 6.60. The summed E-state index contributed by atoms with van der Waals surface area (Å²) in [7, 11) is 0. The van der Waals surface area contributed by atoms with Gasteiger partial charge in [-0.2, -0.15) is 3.22 Å². The van der Waals surface area contributed by atoms with Gasteiger partial charge >= 0.3 is 0 Å². The van der Waals surface area contributed by atoms with E-state index in [1.165, 1.54) is 10.6 Å². The number of carbonyl (C=O) groups is 1. The fourth-order valence-electron chi connectivity index (χ4n) is 1.98. The Kier molecular flexibility index (Phi) is 17.2. The molecule has 0 aliphatic rings. The van der Waals surface area contributed by atoms with Gasteiger partial charge in [-0.1, -0.05) is 27.7 Å². The van der Waals surface area contributed by atoms with Crippen LogP contribution in [0.2, 0.25) is 0 Å². The first kappa shape index (κ1) is 29.5. The van der Waals surface area contributed by atoms with Crippen LogP contribution >= 0.6 is 34.8 Å². The van der Waals surface area contributed by atoms with Crippen molar-refractivity contribution < 1.29 is 18.0 Å². The Labute approximate surface area is 203 Å². The number of anilines is 2. The number of rotatable bonds is 9. The first-order chi connectivity index (χ1) is 14.8. The number of hydrogen-bond acceptors (Lipinski definition) is 7. The zero-order chi connectivity index (χ0) is 23.6. The van der Waals surface area contributed by atoms with Gasteiger partial charge in [0.2, 0.25) is 0 Å². The fraction of sp³-hybridized carbons (Fsp3) is 0.409. The van der Waals surface area contributed by atoms with Crippen molar-refractivity contribution in [2.24, 2.45) is 5.92 Å².